The van der Waals surface area contributed by atoms with Gasteiger partial charge in [-0.3, -0.25) is 9.69 Å². The molecule has 7 heteroatoms. The van der Waals surface area contributed by atoms with Gasteiger partial charge in [-0.1, -0.05) is 68.2 Å². The predicted molar refractivity (Wildman–Crippen MR) is 140 cm³/mol. The number of aromatic nitrogens is 2. The number of para-hydroxylation sites is 1. The quantitative estimate of drug-likeness (QED) is 0.317. The minimum atomic E-state index is -0.0897. The summed E-state index contributed by atoms with van der Waals surface area (Å²) < 4.78 is 7.55. The van der Waals surface area contributed by atoms with Gasteiger partial charge < -0.3 is 4.74 Å². The smallest absolute Gasteiger partial charge is 0.266 e. The standard InChI is InChI=1S/C26H27N3O2S2/c1-17(2)19-11-10-18(3)22(14-19)24-20(16-29(27-24)21-8-6-5-7-9-21)15-23-25(30)28(12-13-31-4)26(32)33-23/h5-11,14-17H,12-13H2,1-4H3. The molecule has 4 rings (SSSR count). The van der Waals surface area contributed by atoms with E-state index in [1.54, 1.807) is 12.0 Å². The number of nitrogens with zero attached hydrogens (tertiary/aromatic N) is 3. The Morgan fingerprint density at radius 2 is 1.94 bits per heavy atom. The van der Waals surface area contributed by atoms with Crippen LogP contribution in [0.15, 0.2) is 59.6 Å². The molecule has 0 aliphatic carbocycles. The Labute approximate surface area is 204 Å². The Bertz CT molecular complexity index is 1220. The molecule has 0 bridgehead atoms. The maximum atomic E-state index is 13.0. The summed E-state index contributed by atoms with van der Waals surface area (Å²) in [6.45, 7) is 7.35. The van der Waals surface area contributed by atoms with Crippen LogP contribution >= 0.6 is 24.0 Å². The number of carbonyl (C=O) groups is 1. The van der Waals surface area contributed by atoms with Gasteiger partial charge in [0.25, 0.3) is 5.91 Å². The highest BCUT2D eigenvalue weighted by Gasteiger charge is 2.32. The summed E-state index contributed by atoms with van der Waals surface area (Å²) in [4.78, 5) is 15.2. The summed E-state index contributed by atoms with van der Waals surface area (Å²) in [6, 6.07) is 16.5. The van der Waals surface area contributed by atoms with Crippen molar-refractivity contribution in [3.05, 3.63) is 76.3 Å². The summed E-state index contributed by atoms with van der Waals surface area (Å²) in [6.07, 6.45) is 3.89. The number of ether oxygens (including phenoxy) is 1. The second kappa shape index (κ2) is 10.0. The molecule has 0 unspecified atom stereocenters. The number of benzene rings is 2. The maximum Gasteiger partial charge on any atom is 0.266 e. The number of rotatable bonds is 7. The highest BCUT2D eigenvalue weighted by atomic mass is 32.2. The second-order valence-electron chi connectivity index (χ2n) is 8.27. The number of carbonyl (C=O) groups excluding carboxylic acids is 1. The van der Waals surface area contributed by atoms with Gasteiger partial charge in [0, 0.05) is 24.4 Å². The van der Waals surface area contributed by atoms with Crippen molar-refractivity contribution in [2.24, 2.45) is 0 Å². The first-order valence-electron chi connectivity index (χ1n) is 10.9. The third kappa shape index (κ3) is 4.95. The molecule has 0 atom stereocenters. The van der Waals surface area contributed by atoms with E-state index >= 15 is 0 Å². The fraction of sp³-hybridized carbons (Fsp3) is 0.269. The maximum absolute atomic E-state index is 13.0. The Morgan fingerprint density at radius 3 is 2.64 bits per heavy atom. The number of aryl methyl sites for hydroxylation is 1. The number of thiocarbonyl (C=S) groups is 1. The van der Waals surface area contributed by atoms with E-state index in [-0.39, 0.29) is 5.91 Å². The van der Waals surface area contributed by atoms with Crippen LogP contribution in [-0.2, 0) is 9.53 Å². The summed E-state index contributed by atoms with van der Waals surface area (Å²) in [5, 5.41) is 4.95. The van der Waals surface area contributed by atoms with Gasteiger partial charge in [-0.2, -0.15) is 5.10 Å². The van der Waals surface area contributed by atoms with Gasteiger partial charge >= 0.3 is 0 Å². The highest BCUT2D eigenvalue weighted by molar-refractivity contribution is 8.26. The van der Waals surface area contributed by atoms with Crippen molar-refractivity contribution in [1.82, 2.24) is 14.7 Å². The number of hydrogen-bond acceptors (Lipinski definition) is 5. The largest absolute Gasteiger partial charge is 0.383 e. The van der Waals surface area contributed by atoms with Crippen LogP contribution in [0.4, 0.5) is 0 Å². The van der Waals surface area contributed by atoms with Crippen LogP contribution in [0.2, 0.25) is 0 Å². The zero-order valence-corrected chi connectivity index (χ0v) is 20.9. The van der Waals surface area contributed by atoms with Crippen molar-refractivity contribution in [1.29, 1.82) is 0 Å². The number of methoxy groups -OCH3 is 1. The molecule has 33 heavy (non-hydrogen) atoms. The van der Waals surface area contributed by atoms with Gasteiger partial charge in [-0.15, -0.1) is 0 Å². The minimum Gasteiger partial charge on any atom is -0.383 e. The molecule has 1 amide bonds. The van der Waals surface area contributed by atoms with Crippen LogP contribution < -0.4 is 0 Å². The molecule has 1 aliphatic rings. The molecule has 0 radical (unpaired) electrons. The predicted octanol–water partition coefficient (Wildman–Crippen LogP) is 5.82. The molecule has 1 fully saturated rings. The second-order valence-corrected chi connectivity index (χ2v) is 9.94. The Balaban J connectivity index is 1.82. The topological polar surface area (TPSA) is 47.4 Å². The van der Waals surface area contributed by atoms with Crippen molar-refractivity contribution in [3.63, 3.8) is 0 Å². The van der Waals surface area contributed by atoms with E-state index in [1.165, 1.54) is 17.3 Å². The highest BCUT2D eigenvalue weighted by Crippen LogP contribution is 2.36. The first-order valence-corrected chi connectivity index (χ1v) is 12.1. The minimum absolute atomic E-state index is 0.0897. The third-order valence-corrected chi connectivity index (χ3v) is 7.00. The van der Waals surface area contributed by atoms with Gasteiger partial charge in [-0.05, 0) is 48.2 Å². The van der Waals surface area contributed by atoms with Crippen molar-refractivity contribution < 1.29 is 9.53 Å². The van der Waals surface area contributed by atoms with Crippen molar-refractivity contribution >= 4 is 40.3 Å². The molecule has 1 aliphatic heterocycles. The normalized spacial score (nSPS) is 15.3. The summed E-state index contributed by atoms with van der Waals surface area (Å²) in [5.74, 6) is 0.314. The number of amides is 1. The lowest BCUT2D eigenvalue weighted by Crippen LogP contribution is -2.31. The SMILES string of the molecule is COCCN1C(=O)C(=Cc2cn(-c3ccccc3)nc2-c2cc(C(C)C)ccc2C)SC1=S. The van der Waals surface area contributed by atoms with E-state index < -0.39 is 0 Å². The molecule has 3 aromatic rings. The zero-order chi connectivity index (χ0) is 23.5. The Morgan fingerprint density at radius 1 is 1.18 bits per heavy atom. The fourth-order valence-corrected chi connectivity index (χ4v) is 4.99. The summed E-state index contributed by atoms with van der Waals surface area (Å²) >= 11 is 6.77. The van der Waals surface area contributed by atoms with E-state index in [0.29, 0.717) is 28.3 Å². The summed E-state index contributed by atoms with van der Waals surface area (Å²) in [7, 11) is 1.62. The molecule has 0 saturated carbocycles. The van der Waals surface area contributed by atoms with Crippen LogP contribution in [-0.4, -0.2) is 45.2 Å². The van der Waals surface area contributed by atoms with Crippen molar-refractivity contribution in [2.45, 2.75) is 26.7 Å². The van der Waals surface area contributed by atoms with Gasteiger partial charge in [-0.25, -0.2) is 4.68 Å². The van der Waals surface area contributed by atoms with Crippen molar-refractivity contribution in [3.8, 4) is 16.9 Å². The first-order chi connectivity index (χ1) is 15.9. The average Bonchev–Trinajstić information content (AvgIpc) is 3.34. The lowest BCUT2D eigenvalue weighted by Gasteiger charge is -2.13. The molecule has 5 nitrogen and oxygen atoms in total. The van der Waals surface area contributed by atoms with Gasteiger partial charge in [0.1, 0.15) is 10.0 Å². The molecule has 0 N–H and O–H groups in total. The van der Waals surface area contributed by atoms with Crippen LogP contribution in [0.1, 0.15) is 36.5 Å². The number of thioether (sulfide) groups is 1. The Hall–Kier alpha value is -2.74. The van der Waals surface area contributed by atoms with Gasteiger partial charge in [0.2, 0.25) is 0 Å². The number of hydrogen-bond donors (Lipinski definition) is 0. The van der Waals surface area contributed by atoms with Gasteiger partial charge in [0.15, 0.2) is 0 Å². The first kappa shape index (κ1) is 23.4. The van der Waals surface area contributed by atoms with Crippen LogP contribution in [0.25, 0.3) is 23.0 Å². The molecule has 0 spiro atoms. The Kier molecular flexibility index (Phi) is 7.12. The van der Waals surface area contributed by atoms with E-state index in [0.717, 1.165) is 28.1 Å². The monoisotopic (exact) mass is 477 g/mol. The van der Waals surface area contributed by atoms with Crippen molar-refractivity contribution in [2.75, 3.05) is 20.3 Å². The molecule has 2 heterocycles. The fourth-order valence-electron chi connectivity index (χ4n) is 3.69. The molecule has 2 aromatic carbocycles. The van der Waals surface area contributed by atoms with E-state index in [2.05, 4.69) is 39.0 Å². The zero-order valence-electron chi connectivity index (χ0n) is 19.2. The lowest BCUT2D eigenvalue weighted by atomic mass is 9.95. The average molecular weight is 478 g/mol. The van der Waals surface area contributed by atoms with Crippen LogP contribution in [0, 0.1) is 6.92 Å². The summed E-state index contributed by atoms with van der Waals surface area (Å²) in [5.41, 5.74) is 6.15. The molecular weight excluding hydrogens is 450 g/mol. The molecule has 1 aromatic heterocycles. The van der Waals surface area contributed by atoms with E-state index in [4.69, 9.17) is 22.1 Å². The van der Waals surface area contributed by atoms with E-state index in [1.807, 2.05) is 47.3 Å². The van der Waals surface area contributed by atoms with Crippen LogP contribution in [0.3, 0.4) is 0 Å². The molecule has 1 saturated heterocycles. The van der Waals surface area contributed by atoms with Crippen LogP contribution in [0.5, 0.6) is 0 Å². The van der Waals surface area contributed by atoms with Gasteiger partial charge in [0.05, 0.1) is 23.7 Å². The van der Waals surface area contributed by atoms with E-state index in [9.17, 15) is 4.79 Å². The molecular formula is C26H27N3O2S2. The third-order valence-electron chi connectivity index (χ3n) is 5.63. The molecule has 170 valence electrons. The lowest BCUT2D eigenvalue weighted by molar-refractivity contribution is -0.122.